The third-order valence-electron chi connectivity index (χ3n) is 5.36. The second-order valence-electron chi connectivity index (χ2n) is 8.22. The third kappa shape index (κ3) is 3.95. The maximum atomic E-state index is 12.4. The van der Waals surface area contributed by atoms with Crippen LogP contribution in [0.5, 0.6) is 0 Å². The summed E-state index contributed by atoms with van der Waals surface area (Å²) < 4.78 is 6.36. The molecule has 1 heterocycles. The van der Waals surface area contributed by atoms with Crippen LogP contribution in [0.3, 0.4) is 0 Å². The lowest BCUT2D eigenvalue weighted by atomic mass is 9.82. The quantitative estimate of drug-likeness (QED) is 0.484. The molecule has 5 heteroatoms. The molecule has 0 unspecified atom stereocenters. The Morgan fingerprint density at radius 1 is 1.25 bits per heavy atom. The number of carbonyl (C=O) groups excluding carboxylic acids is 2. The zero-order chi connectivity index (χ0) is 18.1. The molecule has 24 heavy (non-hydrogen) atoms. The Morgan fingerprint density at radius 3 is 2.33 bits per heavy atom. The van der Waals surface area contributed by atoms with Gasteiger partial charge in [-0.25, -0.2) is 0 Å². The first-order valence-corrected chi connectivity index (χ1v) is 11.5. The summed E-state index contributed by atoms with van der Waals surface area (Å²) >= 11 is 0. The van der Waals surface area contributed by atoms with Crippen molar-refractivity contribution in [2.45, 2.75) is 64.4 Å². The predicted octanol–water partition coefficient (Wildman–Crippen LogP) is 3.78. The van der Waals surface area contributed by atoms with Gasteiger partial charge >= 0.3 is 0 Å². The van der Waals surface area contributed by atoms with Crippen molar-refractivity contribution in [3.8, 4) is 0 Å². The molecule has 1 amide bonds. The van der Waals surface area contributed by atoms with Gasteiger partial charge in [0.05, 0.1) is 18.1 Å². The van der Waals surface area contributed by atoms with Gasteiger partial charge in [0.15, 0.2) is 14.1 Å². The minimum absolute atomic E-state index is 0.00734. The molecule has 0 aromatic heterocycles. The number of ketones is 1. The van der Waals surface area contributed by atoms with Gasteiger partial charge in [0.1, 0.15) is 0 Å². The summed E-state index contributed by atoms with van der Waals surface area (Å²) in [6.45, 7) is 12.9. The fourth-order valence-corrected chi connectivity index (χ4v) is 4.26. The van der Waals surface area contributed by atoms with Gasteiger partial charge in [-0.3, -0.25) is 9.59 Å². The van der Waals surface area contributed by atoms with Crippen LogP contribution in [0.25, 0.3) is 0 Å². The number of rotatable bonds is 6. The van der Waals surface area contributed by atoms with Crippen molar-refractivity contribution >= 4 is 20.0 Å². The van der Waals surface area contributed by atoms with Crippen LogP contribution in [-0.4, -0.2) is 32.2 Å². The number of benzene rings is 1. The fourth-order valence-electron chi connectivity index (χ4n) is 2.83. The monoisotopic (exact) mass is 347 g/mol. The summed E-state index contributed by atoms with van der Waals surface area (Å²) in [4.78, 5) is 24.4. The van der Waals surface area contributed by atoms with Crippen LogP contribution in [0.1, 0.15) is 44.5 Å². The zero-order valence-electron chi connectivity index (χ0n) is 15.6. The van der Waals surface area contributed by atoms with E-state index in [1.54, 1.807) is 0 Å². The van der Waals surface area contributed by atoms with Crippen LogP contribution in [0, 0.1) is 5.92 Å². The lowest BCUT2D eigenvalue weighted by molar-refractivity contribution is -0.139. The number of hydrogen-bond donors (Lipinski definition) is 1. The Balaban J connectivity index is 2.02. The maximum Gasteiger partial charge on any atom is 0.228 e. The molecule has 2 rings (SSSR count). The van der Waals surface area contributed by atoms with Crippen molar-refractivity contribution in [2.75, 3.05) is 0 Å². The van der Waals surface area contributed by atoms with Crippen molar-refractivity contribution in [1.29, 1.82) is 0 Å². The van der Waals surface area contributed by atoms with E-state index in [1.165, 1.54) is 0 Å². The number of nitrogens with one attached hydrogen (secondary N) is 1. The highest BCUT2D eigenvalue weighted by atomic mass is 28.4. The summed E-state index contributed by atoms with van der Waals surface area (Å²) in [5.74, 6) is -0.191. The number of Topliss-reactive ketones (excluding diaryl/α,β-unsaturated/α-hetero) is 1. The highest BCUT2D eigenvalue weighted by Crippen LogP contribution is 2.39. The number of β-lactam (4-membered cyclic amide) rings is 1. The first kappa shape index (κ1) is 18.9. The second kappa shape index (κ2) is 6.80. The molecule has 1 saturated heterocycles. The summed E-state index contributed by atoms with van der Waals surface area (Å²) in [7, 11) is -1.94. The molecule has 0 bridgehead atoms. The molecule has 0 spiro atoms. The van der Waals surface area contributed by atoms with Gasteiger partial charge < -0.3 is 9.74 Å². The van der Waals surface area contributed by atoms with E-state index in [0.717, 1.165) is 0 Å². The first-order valence-electron chi connectivity index (χ1n) is 8.59. The molecule has 0 radical (unpaired) electrons. The molecule has 0 aliphatic carbocycles. The normalized spacial score (nSPS) is 22.5. The molecule has 4 nitrogen and oxygen atoms in total. The standard InChI is InChI=1S/C19H29NO3Si/c1-13(23-24(5,6)19(2,3)4)17-15(20-18(17)22)12-16(21)14-10-8-7-9-11-14/h7-11,13,15,17H,12H2,1-6H3,(H,20,22)/t13-,15-,17-/m1/s1. The van der Waals surface area contributed by atoms with E-state index in [0.29, 0.717) is 12.0 Å². The first-order chi connectivity index (χ1) is 11.0. The summed E-state index contributed by atoms with van der Waals surface area (Å²) in [6, 6.07) is 9.09. The Bertz CT molecular complexity index is 607. The van der Waals surface area contributed by atoms with E-state index in [1.807, 2.05) is 37.3 Å². The van der Waals surface area contributed by atoms with Crippen molar-refractivity contribution in [3.63, 3.8) is 0 Å². The van der Waals surface area contributed by atoms with E-state index >= 15 is 0 Å². The van der Waals surface area contributed by atoms with E-state index in [-0.39, 0.29) is 34.8 Å². The van der Waals surface area contributed by atoms with Crippen LogP contribution in [-0.2, 0) is 9.22 Å². The molecule has 1 aliphatic heterocycles. The maximum absolute atomic E-state index is 12.4. The molecule has 1 aliphatic rings. The van der Waals surface area contributed by atoms with Crippen LogP contribution in [0.2, 0.25) is 18.1 Å². The molecule has 3 atom stereocenters. The van der Waals surface area contributed by atoms with E-state index in [4.69, 9.17) is 4.43 Å². The van der Waals surface area contributed by atoms with Crippen LogP contribution < -0.4 is 5.32 Å². The van der Waals surface area contributed by atoms with Gasteiger partial charge in [-0.05, 0) is 25.1 Å². The number of hydrogen-bond acceptors (Lipinski definition) is 3. The van der Waals surface area contributed by atoms with Crippen molar-refractivity contribution in [1.82, 2.24) is 5.32 Å². The second-order valence-corrected chi connectivity index (χ2v) is 13.0. The summed E-state index contributed by atoms with van der Waals surface area (Å²) in [6.07, 6.45) is 0.152. The van der Waals surface area contributed by atoms with Gasteiger partial charge in [0.25, 0.3) is 0 Å². The highest BCUT2D eigenvalue weighted by Gasteiger charge is 2.47. The average Bonchev–Trinajstić information content (AvgIpc) is 2.45. The Hall–Kier alpha value is -1.46. The van der Waals surface area contributed by atoms with Gasteiger partial charge in [-0.15, -0.1) is 0 Å². The number of carbonyl (C=O) groups is 2. The molecular formula is C19H29NO3Si. The minimum atomic E-state index is -1.94. The van der Waals surface area contributed by atoms with Gasteiger partial charge in [0, 0.05) is 12.0 Å². The van der Waals surface area contributed by atoms with Gasteiger partial charge in [-0.1, -0.05) is 51.1 Å². The zero-order valence-corrected chi connectivity index (χ0v) is 16.6. The lowest BCUT2D eigenvalue weighted by Gasteiger charge is -2.45. The molecule has 1 aromatic rings. The topological polar surface area (TPSA) is 55.4 Å². The van der Waals surface area contributed by atoms with E-state index < -0.39 is 8.32 Å². The van der Waals surface area contributed by atoms with Crippen LogP contribution in [0.4, 0.5) is 0 Å². The molecule has 1 N–H and O–H groups in total. The predicted molar refractivity (Wildman–Crippen MR) is 98.6 cm³/mol. The molecule has 1 fully saturated rings. The Kier molecular flexibility index (Phi) is 5.35. The van der Waals surface area contributed by atoms with Crippen molar-refractivity contribution < 1.29 is 14.0 Å². The molecule has 0 saturated carbocycles. The average molecular weight is 348 g/mol. The molecule has 1 aromatic carbocycles. The van der Waals surface area contributed by atoms with Crippen molar-refractivity contribution in [2.24, 2.45) is 5.92 Å². The van der Waals surface area contributed by atoms with E-state index in [2.05, 4.69) is 39.2 Å². The van der Waals surface area contributed by atoms with E-state index in [9.17, 15) is 9.59 Å². The smallest absolute Gasteiger partial charge is 0.228 e. The largest absolute Gasteiger partial charge is 0.413 e. The lowest BCUT2D eigenvalue weighted by Crippen LogP contribution is -2.64. The Morgan fingerprint density at radius 2 is 1.83 bits per heavy atom. The van der Waals surface area contributed by atoms with Gasteiger partial charge in [0.2, 0.25) is 5.91 Å². The molecular weight excluding hydrogens is 318 g/mol. The van der Waals surface area contributed by atoms with Crippen molar-refractivity contribution in [3.05, 3.63) is 35.9 Å². The Labute approximate surface area is 146 Å². The molecule has 132 valence electrons. The van der Waals surface area contributed by atoms with Crippen LogP contribution >= 0.6 is 0 Å². The summed E-state index contributed by atoms with van der Waals surface area (Å²) in [5, 5.41) is 2.97. The SMILES string of the molecule is C[C@@H](O[Si](C)(C)C(C)(C)C)[C@H]1C(=O)N[C@@H]1CC(=O)c1ccccc1. The minimum Gasteiger partial charge on any atom is -0.413 e. The van der Waals surface area contributed by atoms with Crippen LogP contribution in [0.15, 0.2) is 30.3 Å². The number of amides is 1. The summed E-state index contributed by atoms with van der Waals surface area (Å²) in [5.41, 5.74) is 0.690. The fraction of sp³-hybridized carbons (Fsp3) is 0.579. The third-order valence-corrected chi connectivity index (χ3v) is 9.93. The highest BCUT2D eigenvalue weighted by molar-refractivity contribution is 6.74. The van der Waals surface area contributed by atoms with Gasteiger partial charge in [-0.2, -0.15) is 0 Å².